The first-order valence-electron chi connectivity index (χ1n) is 7.21. The maximum Gasteiger partial charge on any atom is 0.122 e. The van der Waals surface area contributed by atoms with E-state index in [1.54, 1.807) is 0 Å². The summed E-state index contributed by atoms with van der Waals surface area (Å²) in [6.45, 7) is 5.09. The van der Waals surface area contributed by atoms with Crippen LogP contribution in [0.4, 0.5) is 0 Å². The number of aryl methyl sites for hydroxylation is 2. The van der Waals surface area contributed by atoms with Gasteiger partial charge in [-0.25, -0.2) is 0 Å². The van der Waals surface area contributed by atoms with Crippen molar-refractivity contribution in [3.05, 3.63) is 64.2 Å². The van der Waals surface area contributed by atoms with Gasteiger partial charge in [0.25, 0.3) is 0 Å². The van der Waals surface area contributed by atoms with Crippen LogP contribution in [0.25, 0.3) is 0 Å². The Balaban J connectivity index is 1.78. The van der Waals surface area contributed by atoms with E-state index in [-0.39, 0.29) is 6.04 Å². The summed E-state index contributed by atoms with van der Waals surface area (Å²) in [7, 11) is 0. The molecule has 0 spiro atoms. The van der Waals surface area contributed by atoms with Crippen LogP contribution >= 0.6 is 0 Å². The molecule has 2 nitrogen and oxygen atoms in total. The topological polar surface area (TPSA) is 35.2 Å². The molecule has 1 heterocycles. The Morgan fingerprint density at radius 1 is 1.10 bits per heavy atom. The lowest BCUT2D eigenvalue weighted by Gasteiger charge is -2.14. The highest BCUT2D eigenvalue weighted by Crippen LogP contribution is 2.28. The van der Waals surface area contributed by atoms with Gasteiger partial charge in [-0.3, -0.25) is 0 Å². The van der Waals surface area contributed by atoms with Crippen LogP contribution in [0.3, 0.4) is 0 Å². The molecule has 0 fully saturated rings. The number of hydrogen-bond donors (Lipinski definition) is 1. The Morgan fingerprint density at radius 2 is 1.95 bits per heavy atom. The number of hydrogen-bond acceptors (Lipinski definition) is 2. The molecular weight excluding hydrogens is 246 g/mol. The van der Waals surface area contributed by atoms with Gasteiger partial charge in [0.15, 0.2) is 0 Å². The van der Waals surface area contributed by atoms with E-state index in [1.165, 1.54) is 27.8 Å². The van der Waals surface area contributed by atoms with Gasteiger partial charge in [-0.05, 0) is 54.2 Å². The third kappa shape index (κ3) is 2.56. The molecule has 2 heteroatoms. The average molecular weight is 267 g/mol. The van der Waals surface area contributed by atoms with E-state index in [4.69, 9.17) is 10.5 Å². The van der Waals surface area contributed by atoms with E-state index in [2.05, 4.69) is 50.2 Å². The second kappa shape index (κ2) is 5.29. The zero-order chi connectivity index (χ0) is 14.1. The minimum atomic E-state index is 0.0445. The first-order valence-corrected chi connectivity index (χ1v) is 7.21. The van der Waals surface area contributed by atoms with Crippen molar-refractivity contribution in [1.82, 2.24) is 0 Å². The number of fused-ring (bicyclic) bond motifs is 1. The summed E-state index contributed by atoms with van der Waals surface area (Å²) in [6, 6.07) is 13.0. The summed E-state index contributed by atoms with van der Waals surface area (Å²) in [4.78, 5) is 0. The molecule has 0 saturated carbocycles. The number of nitrogens with two attached hydrogens (primary N) is 1. The van der Waals surface area contributed by atoms with Crippen molar-refractivity contribution in [2.24, 2.45) is 5.73 Å². The standard InChI is InChI=1S/C18H21NO/c1-12-3-4-14(9-13(12)2)10-17(19)15-5-6-18-16(11-15)7-8-20-18/h3-6,9,11,17H,7-8,10,19H2,1-2H3. The van der Waals surface area contributed by atoms with Crippen LogP contribution in [0.1, 0.15) is 33.9 Å². The van der Waals surface area contributed by atoms with Crippen LogP contribution in [0.15, 0.2) is 36.4 Å². The van der Waals surface area contributed by atoms with Crippen LogP contribution in [-0.2, 0) is 12.8 Å². The first kappa shape index (κ1) is 13.2. The molecule has 104 valence electrons. The maximum absolute atomic E-state index is 6.37. The molecule has 0 saturated heterocycles. The zero-order valence-electron chi connectivity index (χ0n) is 12.1. The summed E-state index contributed by atoms with van der Waals surface area (Å²) in [5.74, 6) is 1.02. The van der Waals surface area contributed by atoms with Gasteiger partial charge in [-0.2, -0.15) is 0 Å². The summed E-state index contributed by atoms with van der Waals surface area (Å²) in [5, 5.41) is 0. The van der Waals surface area contributed by atoms with Gasteiger partial charge in [0, 0.05) is 12.5 Å². The lowest BCUT2D eigenvalue weighted by Crippen LogP contribution is -2.13. The molecule has 0 aromatic heterocycles. The average Bonchev–Trinajstić information content (AvgIpc) is 2.90. The molecule has 20 heavy (non-hydrogen) atoms. The minimum Gasteiger partial charge on any atom is -0.493 e. The van der Waals surface area contributed by atoms with Gasteiger partial charge in [0.05, 0.1) is 6.61 Å². The largest absolute Gasteiger partial charge is 0.493 e. The molecule has 0 amide bonds. The van der Waals surface area contributed by atoms with Crippen molar-refractivity contribution < 1.29 is 4.74 Å². The summed E-state index contributed by atoms with van der Waals surface area (Å²) >= 11 is 0. The number of ether oxygens (including phenoxy) is 1. The fourth-order valence-electron chi connectivity index (χ4n) is 2.74. The van der Waals surface area contributed by atoms with Crippen molar-refractivity contribution in [3.8, 4) is 5.75 Å². The fourth-order valence-corrected chi connectivity index (χ4v) is 2.74. The Bertz CT molecular complexity index is 633. The quantitative estimate of drug-likeness (QED) is 0.924. The fraction of sp³-hybridized carbons (Fsp3) is 0.333. The Morgan fingerprint density at radius 3 is 2.75 bits per heavy atom. The van der Waals surface area contributed by atoms with Crippen molar-refractivity contribution in [3.63, 3.8) is 0 Å². The van der Waals surface area contributed by atoms with Crippen molar-refractivity contribution in [2.45, 2.75) is 32.7 Å². The number of benzene rings is 2. The molecule has 0 aliphatic carbocycles. The first-order chi connectivity index (χ1) is 9.63. The lowest BCUT2D eigenvalue weighted by atomic mass is 9.96. The van der Waals surface area contributed by atoms with E-state index in [0.717, 1.165) is 25.2 Å². The van der Waals surface area contributed by atoms with E-state index in [1.807, 2.05) is 0 Å². The van der Waals surface area contributed by atoms with Crippen LogP contribution in [0, 0.1) is 13.8 Å². The minimum absolute atomic E-state index is 0.0445. The molecule has 0 radical (unpaired) electrons. The van der Waals surface area contributed by atoms with Crippen LogP contribution in [-0.4, -0.2) is 6.61 Å². The highest BCUT2D eigenvalue weighted by Gasteiger charge is 2.15. The summed E-state index contributed by atoms with van der Waals surface area (Å²) < 4.78 is 5.54. The second-order valence-corrected chi connectivity index (χ2v) is 5.69. The summed E-state index contributed by atoms with van der Waals surface area (Å²) in [6.07, 6.45) is 1.88. The lowest BCUT2D eigenvalue weighted by molar-refractivity contribution is 0.357. The maximum atomic E-state index is 6.37. The van der Waals surface area contributed by atoms with Crippen molar-refractivity contribution in [2.75, 3.05) is 6.61 Å². The smallest absolute Gasteiger partial charge is 0.122 e. The molecular formula is C18H21NO. The van der Waals surface area contributed by atoms with Crippen LogP contribution in [0.5, 0.6) is 5.75 Å². The molecule has 0 bridgehead atoms. The van der Waals surface area contributed by atoms with Crippen LogP contribution < -0.4 is 10.5 Å². The second-order valence-electron chi connectivity index (χ2n) is 5.69. The van der Waals surface area contributed by atoms with E-state index >= 15 is 0 Å². The van der Waals surface area contributed by atoms with Gasteiger partial charge < -0.3 is 10.5 Å². The van der Waals surface area contributed by atoms with Crippen LogP contribution in [0.2, 0.25) is 0 Å². The van der Waals surface area contributed by atoms with Crippen molar-refractivity contribution >= 4 is 0 Å². The third-order valence-corrected chi connectivity index (χ3v) is 4.17. The Hall–Kier alpha value is -1.80. The third-order valence-electron chi connectivity index (χ3n) is 4.17. The van der Waals surface area contributed by atoms with E-state index in [9.17, 15) is 0 Å². The van der Waals surface area contributed by atoms with Gasteiger partial charge in [0.1, 0.15) is 5.75 Å². The normalized spacial score (nSPS) is 14.8. The Labute approximate surface area is 120 Å². The SMILES string of the molecule is Cc1ccc(CC(N)c2ccc3c(c2)CCO3)cc1C. The molecule has 1 atom stereocenters. The molecule has 3 rings (SSSR count). The zero-order valence-corrected chi connectivity index (χ0v) is 12.1. The van der Waals surface area contributed by atoms with E-state index < -0.39 is 0 Å². The predicted molar refractivity (Wildman–Crippen MR) is 82.2 cm³/mol. The monoisotopic (exact) mass is 267 g/mol. The molecule has 1 aliphatic rings. The highest BCUT2D eigenvalue weighted by molar-refractivity contribution is 5.41. The summed E-state index contributed by atoms with van der Waals surface area (Å²) in [5.41, 5.74) is 12.8. The molecule has 1 unspecified atom stereocenters. The highest BCUT2D eigenvalue weighted by atomic mass is 16.5. The van der Waals surface area contributed by atoms with Gasteiger partial charge in [-0.15, -0.1) is 0 Å². The van der Waals surface area contributed by atoms with E-state index in [0.29, 0.717) is 0 Å². The van der Waals surface area contributed by atoms with Gasteiger partial charge in [0.2, 0.25) is 0 Å². The Kier molecular flexibility index (Phi) is 3.49. The molecule has 2 N–H and O–H groups in total. The predicted octanol–water partition coefficient (Wildman–Crippen LogP) is 3.48. The molecule has 2 aromatic carbocycles. The molecule has 1 aliphatic heterocycles. The number of rotatable bonds is 3. The van der Waals surface area contributed by atoms with Gasteiger partial charge >= 0.3 is 0 Å². The van der Waals surface area contributed by atoms with Gasteiger partial charge in [-0.1, -0.05) is 30.3 Å². The molecule has 2 aromatic rings. The van der Waals surface area contributed by atoms with Crippen molar-refractivity contribution in [1.29, 1.82) is 0 Å².